The normalized spacial score (nSPS) is 11.5. The lowest BCUT2D eigenvalue weighted by molar-refractivity contribution is 0.191. The summed E-state index contributed by atoms with van der Waals surface area (Å²) in [6, 6.07) is 1.63. The van der Waals surface area contributed by atoms with Gasteiger partial charge in [0.25, 0.3) is 0 Å². The van der Waals surface area contributed by atoms with E-state index in [0.29, 0.717) is 23.5 Å². The third-order valence-corrected chi connectivity index (χ3v) is 1.63. The van der Waals surface area contributed by atoms with E-state index >= 15 is 0 Å². The minimum absolute atomic E-state index is 0.116. The summed E-state index contributed by atoms with van der Waals surface area (Å²) in [5.74, 6) is 1.17. The summed E-state index contributed by atoms with van der Waals surface area (Å²) in [7, 11) is 0. The highest BCUT2D eigenvalue weighted by atomic mass is 35.5. The SMILES string of the molecule is Cc1nc(Cl)cc(OCC(C)(C)C)n1. The molecule has 0 aliphatic carbocycles. The molecule has 0 saturated carbocycles. The average Bonchev–Trinajstić information content (AvgIpc) is 1.97. The topological polar surface area (TPSA) is 35.0 Å². The van der Waals surface area contributed by atoms with Crippen LogP contribution >= 0.6 is 11.6 Å². The van der Waals surface area contributed by atoms with E-state index in [1.165, 1.54) is 0 Å². The Bertz CT molecular complexity index is 300. The van der Waals surface area contributed by atoms with Gasteiger partial charge in [-0.3, -0.25) is 0 Å². The Kier molecular flexibility index (Phi) is 3.32. The molecule has 1 aromatic rings. The van der Waals surface area contributed by atoms with E-state index in [4.69, 9.17) is 16.3 Å². The predicted molar refractivity (Wildman–Crippen MR) is 56.7 cm³/mol. The van der Waals surface area contributed by atoms with Gasteiger partial charge < -0.3 is 4.74 Å². The Balaban J connectivity index is 2.68. The monoisotopic (exact) mass is 214 g/mol. The summed E-state index contributed by atoms with van der Waals surface area (Å²) >= 11 is 5.77. The lowest BCUT2D eigenvalue weighted by Gasteiger charge is -2.18. The highest BCUT2D eigenvalue weighted by molar-refractivity contribution is 6.29. The molecule has 0 saturated heterocycles. The Morgan fingerprint density at radius 1 is 1.36 bits per heavy atom. The Morgan fingerprint density at radius 2 is 2.00 bits per heavy atom. The first kappa shape index (κ1) is 11.2. The second-order valence-electron chi connectivity index (χ2n) is 4.43. The van der Waals surface area contributed by atoms with Crippen molar-refractivity contribution < 1.29 is 4.74 Å². The highest BCUT2D eigenvalue weighted by Gasteiger charge is 2.12. The van der Waals surface area contributed by atoms with Gasteiger partial charge in [0.2, 0.25) is 5.88 Å². The number of ether oxygens (including phenoxy) is 1. The molecule has 0 atom stereocenters. The number of aromatic nitrogens is 2. The van der Waals surface area contributed by atoms with Crippen LogP contribution in [-0.4, -0.2) is 16.6 Å². The number of hydrogen-bond acceptors (Lipinski definition) is 3. The molecular formula is C10H15ClN2O. The predicted octanol–water partition coefficient (Wildman–Crippen LogP) is 2.86. The molecule has 78 valence electrons. The molecule has 0 spiro atoms. The van der Waals surface area contributed by atoms with Gasteiger partial charge in [0.15, 0.2) is 0 Å². The molecule has 0 N–H and O–H groups in total. The van der Waals surface area contributed by atoms with Gasteiger partial charge in [-0.25, -0.2) is 4.98 Å². The zero-order chi connectivity index (χ0) is 10.8. The van der Waals surface area contributed by atoms with Crippen LogP contribution in [0.1, 0.15) is 26.6 Å². The molecule has 0 amide bonds. The lowest BCUT2D eigenvalue weighted by atomic mass is 9.99. The summed E-state index contributed by atoms with van der Waals surface area (Å²) in [5.41, 5.74) is 0.116. The van der Waals surface area contributed by atoms with Crippen molar-refractivity contribution in [2.24, 2.45) is 5.41 Å². The van der Waals surface area contributed by atoms with Gasteiger partial charge in [-0.1, -0.05) is 32.4 Å². The first-order chi connectivity index (χ1) is 6.37. The maximum Gasteiger partial charge on any atom is 0.218 e. The molecule has 0 radical (unpaired) electrons. The minimum atomic E-state index is 0.116. The maximum atomic E-state index is 5.77. The van der Waals surface area contributed by atoms with Crippen molar-refractivity contribution >= 4 is 11.6 Å². The Hall–Kier alpha value is -0.830. The fourth-order valence-electron chi connectivity index (χ4n) is 0.870. The van der Waals surface area contributed by atoms with Crippen molar-refractivity contribution in [1.29, 1.82) is 0 Å². The Morgan fingerprint density at radius 3 is 2.50 bits per heavy atom. The average molecular weight is 215 g/mol. The standard InChI is InChI=1S/C10H15ClN2O/c1-7-12-8(11)5-9(13-7)14-6-10(2,3)4/h5H,6H2,1-4H3. The summed E-state index contributed by atoms with van der Waals surface area (Å²) in [5, 5.41) is 0.418. The summed E-state index contributed by atoms with van der Waals surface area (Å²) < 4.78 is 5.50. The van der Waals surface area contributed by atoms with Gasteiger partial charge in [0, 0.05) is 6.07 Å². The maximum absolute atomic E-state index is 5.77. The van der Waals surface area contributed by atoms with Crippen molar-refractivity contribution in [2.45, 2.75) is 27.7 Å². The molecule has 0 unspecified atom stereocenters. The fraction of sp³-hybridized carbons (Fsp3) is 0.600. The van der Waals surface area contributed by atoms with Crippen LogP contribution in [0.3, 0.4) is 0 Å². The third kappa shape index (κ3) is 3.92. The molecule has 0 bridgehead atoms. The number of halogens is 1. The summed E-state index contributed by atoms with van der Waals surface area (Å²) in [6.45, 7) is 8.70. The highest BCUT2D eigenvalue weighted by Crippen LogP contribution is 2.18. The van der Waals surface area contributed by atoms with Gasteiger partial charge in [-0.15, -0.1) is 0 Å². The molecule has 0 aliphatic heterocycles. The van der Waals surface area contributed by atoms with E-state index < -0.39 is 0 Å². The van der Waals surface area contributed by atoms with E-state index in [2.05, 4.69) is 30.7 Å². The molecular weight excluding hydrogens is 200 g/mol. The second kappa shape index (κ2) is 4.13. The van der Waals surface area contributed by atoms with Crippen LogP contribution in [0.25, 0.3) is 0 Å². The van der Waals surface area contributed by atoms with Crippen LogP contribution in [0.5, 0.6) is 5.88 Å². The first-order valence-corrected chi connectivity index (χ1v) is 4.89. The largest absolute Gasteiger partial charge is 0.477 e. The summed E-state index contributed by atoms with van der Waals surface area (Å²) in [4.78, 5) is 8.07. The van der Waals surface area contributed by atoms with Crippen LogP contribution in [0.15, 0.2) is 6.07 Å². The van der Waals surface area contributed by atoms with Gasteiger partial charge >= 0.3 is 0 Å². The zero-order valence-electron chi connectivity index (χ0n) is 8.97. The molecule has 1 rings (SSSR count). The number of nitrogens with zero attached hydrogens (tertiary/aromatic N) is 2. The smallest absolute Gasteiger partial charge is 0.218 e. The van der Waals surface area contributed by atoms with Crippen molar-refractivity contribution in [3.63, 3.8) is 0 Å². The van der Waals surface area contributed by atoms with Crippen LogP contribution in [0, 0.1) is 12.3 Å². The van der Waals surface area contributed by atoms with E-state index in [1.807, 2.05) is 0 Å². The van der Waals surface area contributed by atoms with E-state index in [0.717, 1.165) is 0 Å². The van der Waals surface area contributed by atoms with Crippen molar-refractivity contribution in [2.75, 3.05) is 6.61 Å². The van der Waals surface area contributed by atoms with E-state index in [-0.39, 0.29) is 5.41 Å². The Labute approximate surface area is 89.5 Å². The van der Waals surface area contributed by atoms with Crippen LogP contribution in [0.2, 0.25) is 5.15 Å². The third-order valence-electron chi connectivity index (χ3n) is 1.44. The van der Waals surface area contributed by atoms with Crippen molar-refractivity contribution in [3.8, 4) is 5.88 Å². The molecule has 3 nitrogen and oxygen atoms in total. The first-order valence-electron chi connectivity index (χ1n) is 4.51. The lowest BCUT2D eigenvalue weighted by Crippen LogP contribution is -2.17. The molecule has 0 aromatic carbocycles. The van der Waals surface area contributed by atoms with Crippen LogP contribution in [-0.2, 0) is 0 Å². The number of aryl methyl sites for hydroxylation is 1. The number of hydrogen-bond donors (Lipinski definition) is 0. The van der Waals surface area contributed by atoms with Crippen LogP contribution < -0.4 is 4.74 Å². The minimum Gasteiger partial charge on any atom is -0.477 e. The van der Waals surface area contributed by atoms with Crippen molar-refractivity contribution in [3.05, 3.63) is 17.0 Å². The molecule has 1 aromatic heterocycles. The van der Waals surface area contributed by atoms with Gasteiger partial charge in [-0.05, 0) is 12.3 Å². The van der Waals surface area contributed by atoms with Gasteiger partial charge in [0.1, 0.15) is 11.0 Å². The second-order valence-corrected chi connectivity index (χ2v) is 4.81. The molecule has 14 heavy (non-hydrogen) atoms. The van der Waals surface area contributed by atoms with E-state index in [1.54, 1.807) is 13.0 Å². The summed E-state index contributed by atoms with van der Waals surface area (Å²) in [6.07, 6.45) is 0. The zero-order valence-corrected chi connectivity index (χ0v) is 9.72. The van der Waals surface area contributed by atoms with E-state index in [9.17, 15) is 0 Å². The van der Waals surface area contributed by atoms with Gasteiger partial charge in [-0.2, -0.15) is 4.98 Å². The van der Waals surface area contributed by atoms with Gasteiger partial charge in [0.05, 0.1) is 6.61 Å². The molecule has 1 heterocycles. The molecule has 4 heteroatoms. The molecule has 0 aliphatic rings. The fourth-order valence-corrected chi connectivity index (χ4v) is 1.09. The van der Waals surface area contributed by atoms with Crippen LogP contribution in [0.4, 0.5) is 0 Å². The number of rotatable bonds is 2. The quantitative estimate of drug-likeness (QED) is 0.711. The molecule has 0 fully saturated rings. The van der Waals surface area contributed by atoms with Crippen molar-refractivity contribution in [1.82, 2.24) is 9.97 Å².